The second-order valence-electron chi connectivity index (χ2n) is 5.15. The van der Waals surface area contributed by atoms with E-state index in [1.54, 1.807) is 28.8 Å². The number of amides is 1. The summed E-state index contributed by atoms with van der Waals surface area (Å²) in [6.45, 7) is 5.47. The first-order valence-electron chi connectivity index (χ1n) is 7.14. The summed E-state index contributed by atoms with van der Waals surface area (Å²) >= 11 is 1.71. The number of carbonyl (C=O) groups is 1. The monoisotopic (exact) mass is 312 g/mol. The summed E-state index contributed by atoms with van der Waals surface area (Å²) in [5, 5.41) is 9.29. The van der Waals surface area contributed by atoms with Crippen LogP contribution >= 0.6 is 11.8 Å². The minimum atomic E-state index is -0.911. The van der Waals surface area contributed by atoms with E-state index >= 15 is 0 Å². The van der Waals surface area contributed by atoms with E-state index in [0.29, 0.717) is 13.1 Å². The van der Waals surface area contributed by atoms with Crippen molar-refractivity contribution in [3.05, 3.63) is 30.1 Å². The molecule has 4 nitrogen and oxygen atoms in total. The zero-order chi connectivity index (χ0) is 15.2. The highest BCUT2D eigenvalue weighted by Gasteiger charge is 2.23. The summed E-state index contributed by atoms with van der Waals surface area (Å²) in [4.78, 5) is 16.7. The lowest BCUT2D eigenvalue weighted by Gasteiger charge is -2.35. The van der Waals surface area contributed by atoms with Crippen molar-refractivity contribution in [1.82, 2.24) is 9.80 Å². The summed E-state index contributed by atoms with van der Waals surface area (Å²) < 4.78 is 12.8. The Balaban J connectivity index is 1.67. The summed E-state index contributed by atoms with van der Waals surface area (Å²) in [7, 11) is 0. The van der Waals surface area contributed by atoms with Crippen molar-refractivity contribution in [3.63, 3.8) is 0 Å². The molecule has 0 aliphatic carbocycles. The molecule has 1 aliphatic heterocycles. The van der Waals surface area contributed by atoms with Gasteiger partial charge in [0, 0.05) is 43.4 Å². The van der Waals surface area contributed by atoms with Gasteiger partial charge in [0.05, 0.1) is 0 Å². The normalized spacial score (nSPS) is 17.8. The number of thioether (sulfide) groups is 1. The lowest BCUT2D eigenvalue weighted by molar-refractivity contribution is -0.141. The van der Waals surface area contributed by atoms with Crippen LogP contribution in [-0.4, -0.2) is 65.4 Å². The van der Waals surface area contributed by atoms with Gasteiger partial charge in [-0.1, -0.05) is 0 Å². The average molecular weight is 312 g/mol. The molecule has 1 fully saturated rings. The van der Waals surface area contributed by atoms with E-state index in [-0.39, 0.29) is 11.7 Å². The van der Waals surface area contributed by atoms with Gasteiger partial charge in [0.15, 0.2) is 0 Å². The molecule has 1 saturated heterocycles. The molecule has 1 unspecified atom stereocenters. The minimum Gasteiger partial charge on any atom is -0.384 e. The van der Waals surface area contributed by atoms with E-state index in [1.807, 2.05) is 0 Å². The molecule has 0 aromatic heterocycles. The van der Waals surface area contributed by atoms with Crippen LogP contribution in [-0.2, 0) is 4.79 Å². The van der Waals surface area contributed by atoms with Gasteiger partial charge in [0.25, 0.3) is 5.91 Å². The maximum absolute atomic E-state index is 12.8. The third kappa shape index (κ3) is 4.98. The number of carbonyl (C=O) groups excluding carboxylic acids is 1. The summed E-state index contributed by atoms with van der Waals surface area (Å²) in [5.41, 5.74) is 0. The van der Waals surface area contributed by atoms with Gasteiger partial charge in [-0.25, -0.2) is 4.39 Å². The Morgan fingerprint density at radius 3 is 2.48 bits per heavy atom. The summed E-state index contributed by atoms with van der Waals surface area (Å²) in [5.74, 6) is 0.546. The van der Waals surface area contributed by atoms with Gasteiger partial charge in [-0.15, -0.1) is 11.8 Å². The first-order valence-corrected chi connectivity index (χ1v) is 8.12. The SMILES string of the molecule is CC(O)C(=O)N1CCN(CCSc2ccc(F)cc2)CC1. The molecule has 1 aliphatic rings. The predicted octanol–water partition coefficient (Wildman–Crippen LogP) is 1.44. The van der Waals surface area contributed by atoms with Gasteiger partial charge in [0.2, 0.25) is 0 Å². The van der Waals surface area contributed by atoms with Gasteiger partial charge in [-0.05, 0) is 31.2 Å². The largest absolute Gasteiger partial charge is 0.384 e. The third-order valence-electron chi connectivity index (χ3n) is 3.53. The number of piperazine rings is 1. The standard InChI is InChI=1S/C15H21FN2O2S/c1-12(19)15(20)18-8-6-17(7-9-18)10-11-21-14-4-2-13(16)3-5-14/h2-5,12,19H,6-11H2,1H3. The van der Waals surface area contributed by atoms with Crippen molar-refractivity contribution in [1.29, 1.82) is 0 Å². The highest BCUT2D eigenvalue weighted by atomic mass is 32.2. The van der Waals surface area contributed by atoms with Crippen molar-refractivity contribution >= 4 is 17.7 Å². The van der Waals surface area contributed by atoms with Crippen molar-refractivity contribution in [2.45, 2.75) is 17.9 Å². The number of aliphatic hydroxyl groups is 1. The lowest BCUT2D eigenvalue weighted by atomic mass is 10.2. The zero-order valence-corrected chi connectivity index (χ0v) is 13.0. The average Bonchev–Trinajstić information content (AvgIpc) is 2.49. The summed E-state index contributed by atoms with van der Waals surface area (Å²) in [6.07, 6.45) is -0.911. The second-order valence-corrected chi connectivity index (χ2v) is 6.31. The van der Waals surface area contributed by atoms with Crippen molar-refractivity contribution < 1.29 is 14.3 Å². The smallest absolute Gasteiger partial charge is 0.251 e. The molecule has 1 amide bonds. The Bertz CT molecular complexity index is 459. The van der Waals surface area contributed by atoms with Gasteiger partial charge >= 0.3 is 0 Å². The molecule has 116 valence electrons. The Morgan fingerprint density at radius 1 is 1.29 bits per heavy atom. The topological polar surface area (TPSA) is 43.8 Å². The minimum absolute atomic E-state index is 0.185. The molecule has 0 saturated carbocycles. The molecule has 1 aromatic rings. The van der Waals surface area contributed by atoms with E-state index in [9.17, 15) is 14.3 Å². The van der Waals surface area contributed by atoms with Gasteiger partial charge < -0.3 is 10.0 Å². The fourth-order valence-electron chi connectivity index (χ4n) is 2.28. The Labute approximate surface area is 128 Å². The van der Waals surface area contributed by atoms with E-state index in [4.69, 9.17) is 0 Å². The van der Waals surface area contributed by atoms with Crippen molar-refractivity contribution in [2.24, 2.45) is 0 Å². The molecule has 1 heterocycles. The number of halogens is 1. The van der Waals surface area contributed by atoms with E-state index in [1.165, 1.54) is 19.1 Å². The van der Waals surface area contributed by atoms with Crippen LogP contribution in [0.25, 0.3) is 0 Å². The van der Waals surface area contributed by atoms with Crippen LogP contribution in [0.5, 0.6) is 0 Å². The van der Waals surface area contributed by atoms with E-state index < -0.39 is 6.10 Å². The zero-order valence-electron chi connectivity index (χ0n) is 12.2. The first kappa shape index (κ1) is 16.3. The maximum Gasteiger partial charge on any atom is 0.251 e. The lowest BCUT2D eigenvalue weighted by Crippen LogP contribution is -2.51. The number of hydrogen-bond donors (Lipinski definition) is 1. The van der Waals surface area contributed by atoms with Crippen LogP contribution in [0.4, 0.5) is 4.39 Å². The second kappa shape index (κ2) is 7.77. The molecule has 0 radical (unpaired) electrons. The molecular weight excluding hydrogens is 291 g/mol. The number of hydrogen-bond acceptors (Lipinski definition) is 4. The van der Waals surface area contributed by atoms with Gasteiger partial charge in [0.1, 0.15) is 11.9 Å². The van der Waals surface area contributed by atoms with Crippen LogP contribution in [0.1, 0.15) is 6.92 Å². The number of benzene rings is 1. The molecular formula is C15H21FN2O2S. The van der Waals surface area contributed by atoms with Crippen molar-refractivity contribution in [3.8, 4) is 0 Å². The van der Waals surface area contributed by atoms with Gasteiger partial charge in [-0.2, -0.15) is 0 Å². The predicted molar refractivity (Wildman–Crippen MR) is 81.8 cm³/mol. The number of aliphatic hydroxyl groups excluding tert-OH is 1. The molecule has 1 atom stereocenters. The third-order valence-corrected chi connectivity index (χ3v) is 4.52. The maximum atomic E-state index is 12.8. The highest BCUT2D eigenvalue weighted by Crippen LogP contribution is 2.18. The van der Waals surface area contributed by atoms with Crippen LogP contribution < -0.4 is 0 Å². The molecule has 1 N–H and O–H groups in total. The molecule has 21 heavy (non-hydrogen) atoms. The van der Waals surface area contributed by atoms with Crippen LogP contribution in [0, 0.1) is 5.82 Å². The van der Waals surface area contributed by atoms with E-state index in [2.05, 4.69) is 4.90 Å². The van der Waals surface area contributed by atoms with Crippen LogP contribution in [0.3, 0.4) is 0 Å². The number of nitrogens with zero attached hydrogens (tertiary/aromatic N) is 2. The molecule has 1 aromatic carbocycles. The molecule has 0 spiro atoms. The molecule has 2 rings (SSSR count). The Morgan fingerprint density at radius 2 is 1.90 bits per heavy atom. The fraction of sp³-hybridized carbons (Fsp3) is 0.533. The van der Waals surface area contributed by atoms with Crippen molar-refractivity contribution in [2.75, 3.05) is 38.5 Å². The number of rotatable bonds is 5. The fourth-order valence-corrected chi connectivity index (χ4v) is 3.19. The molecule has 0 bridgehead atoms. The van der Waals surface area contributed by atoms with E-state index in [0.717, 1.165) is 30.3 Å². The Kier molecular flexibility index (Phi) is 6.02. The van der Waals surface area contributed by atoms with Crippen LogP contribution in [0.15, 0.2) is 29.2 Å². The van der Waals surface area contributed by atoms with Gasteiger partial charge in [-0.3, -0.25) is 9.69 Å². The summed E-state index contributed by atoms with van der Waals surface area (Å²) in [6, 6.07) is 6.53. The van der Waals surface area contributed by atoms with Crippen LogP contribution in [0.2, 0.25) is 0 Å². The molecule has 6 heteroatoms. The first-order chi connectivity index (χ1) is 10.1. The Hall–Kier alpha value is -1.11. The highest BCUT2D eigenvalue weighted by molar-refractivity contribution is 7.99. The quantitative estimate of drug-likeness (QED) is 0.836.